The zero-order valence-electron chi connectivity index (χ0n) is 10.3. The van der Waals surface area contributed by atoms with Crippen LogP contribution in [0.4, 0.5) is 4.39 Å². The third kappa shape index (κ3) is 5.06. The molecule has 0 fully saturated rings. The standard InChI is InChI=1S/C13H18FNO2/c1-15(7-8-17-2)10-12(16)9-11-5-3-4-6-13(11)14/h3-6H,7-10H2,1-2H3. The van der Waals surface area contributed by atoms with Crippen molar-refractivity contribution in [2.24, 2.45) is 0 Å². The molecule has 0 unspecified atom stereocenters. The Hall–Kier alpha value is -1.26. The van der Waals surface area contributed by atoms with Crippen LogP contribution in [-0.2, 0) is 16.0 Å². The van der Waals surface area contributed by atoms with E-state index in [0.717, 1.165) is 0 Å². The lowest BCUT2D eigenvalue weighted by atomic mass is 10.1. The maximum absolute atomic E-state index is 13.3. The Labute approximate surface area is 101 Å². The highest BCUT2D eigenvalue weighted by molar-refractivity contribution is 5.82. The number of ether oxygens (including phenoxy) is 1. The summed E-state index contributed by atoms with van der Waals surface area (Å²) >= 11 is 0. The van der Waals surface area contributed by atoms with Gasteiger partial charge in [0.2, 0.25) is 0 Å². The minimum atomic E-state index is -0.319. The number of likely N-dealkylation sites (N-methyl/N-ethyl adjacent to an activating group) is 1. The summed E-state index contributed by atoms with van der Waals surface area (Å²) in [4.78, 5) is 13.6. The van der Waals surface area contributed by atoms with Crippen molar-refractivity contribution >= 4 is 5.78 Å². The van der Waals surface area contributed by atoms with E-state index in [1.54, 1.807) is 25.3 Å². The molecule has 1 aromatic rings. The summed E-state index contributed by atoms with van der Waals surface area (Å²) in [5.41, 5.74) is 0.456. The van der Waals surface area contributed by atoms with E-state index in [0.29, 0.717) is 25.3 Å². The van der Waals surface area contributed by atoms with Crippen molar-refractivity contribution in [2.45, 2.75) is 6.42 Å². The first-order valence-electron chi connectivity index (χ1n) is 5.56. The lowest BCUT2D eigenvalue weighted by molar-refractivity contribution is -0.119. The van der Waals surface area contributed by atoms with Crippen LogP contribution in [-0.4, -0.2) is 44.5 Å². The van der Waals surface area contributed by atoms with Gasteiger partial charge in [0.15, 0.2) is 5.78 Å². The number of carbonyl (C=O) groups excluding carboxylic acids is 1. The smallest absolute Gasteiger partial charge is 0.151 e. The van der Waals surface area contributed by atoms with E-state index in [2.05, 4.69) is 0 Å². The Morgan fingerprint density at radius 1 is 1.41 bits per heavy atom. The molecule has 0 radical (unpaired) electrons. The van der Waals surface area contributed by atoms with Crippen molar-refractivity contribution in [2.75, 3.05) is 33.9 Å². The van der Waals surface area contributed by atoms with Gasteiger partial charge in [-0.15, -0.1) is 0 Å². The molecule has 3 nitrogen and oxygen atoms in total. The zero-order chi connectivity index (χ0) is 12.7. The van der Waals surface area contributed by atoms with Gasteiger partial charge in [-0.3, -0.25) is 9.69 Å². The molecule has 0 aliphatic heterocycles. The molecule has 0 spiro atoms. The third-order valence-corrected chi connectivity index (χ3v) is 2.47. The SMILES string of the molecule is COCCN(C)CC(=O)Cc1ccccc1F. The van der Waals surface area contributed by atoms with Crippen molar-refractivity contribution in [3.05, 3.63) is 35.6 Å². The van der Waals surface area contributed by atoms with Crippen LogP contribution in [0.2, 0.25) is 0 Å². The molecule has 1 rings (SSSR count). The van der Waals surface area contributed by atoms with E-state index in [9.17, 15) is 9.18 Å². The molecule has 17 heavy (non-hydrogen) atoms. The lowest BCUT2D eigenvalue weighted by Gasteiger charge is -2.14. The highest BCUT2D eigenvalue weighted by Gasteiger charge is 2.10. The number of nitrogens with zero attached hydrogens (tertiary/aromatic N) is 1. The van der Waals surface area contributed by atoms with Gasteiger partial charge in [0.25, 0.3) is 0 Å². The Bertz CT molecular complexity index is 368. The van der Waals surface area contributed by atoms with Crippen LogP contribution >= 0.6 is 0 Å². The van der Waals surface area contributed by atoms with E-state index < -0.39 is 0 Å². The second kappa shape index (κ2) is 7.14. The van der Waals surface area contributed by atoms with E-state index in [4.69, 9.17) is 4.74 Å². The summed E-state index contributed by atoms with van der Waals surface area (Å²) in [6.07, 6.45) is 0.143. The maximum atomic E-state index is 13.3. The van der Waals surface area contributed by atoms with Crippen LogP contribution in [0.1, 0.15) is 5.56 Å². The number of halogens is 1. The molecule has 0 heterocycles. The van der Waals surface area contributed by atoms with Crippen molar-refractivity contribution in [1.82, 2.24) is 4.90 Å². The summed E-state index contributed by atoms with van der Waals surface area (Å²) < 4.78 is 18.2. The fourth-order valence-corrected chi connectivity index (χ4v) is 1.54. The second-order valence-electron chi connectivity index (χ2n) is 4.04. The monoisotopic (exact) mass is 239 g/mol. The molecule has 0 saturated carbocycles. The van der Waals surface area contributed by atoms with Gasteiger partial charge < -0.3 is 4.74 Å². The zero-order valence-corrected chi connectivity index (χ0v) is 10.3. The van der Waals surface area contributed by atoms with Crippen LogP contribution in [0.15, 0.2) is 24.3 Å². The van der Waals surface area contributed by atoms with Crippen molar-refractivity contribution in [1.29, 1.82) is 0 Å². The molecule has 94 valence electrons. The number of ketones is 1. The van der Waals surface area contributed by atoms with Crippen molar-refractivity contribution < 1.29 is 13.9 Å². The van der Waals surface area contributed by atoms with Crippen LogP contribution < -0.4 is 0 Å². The van der Waals surface area contributed by atoms with Crippen LogP contribution in [0.3, 0.4) is 0 Å². The summed E-state index contributed by atoms with van der Waals surface area (Å²) in [6.45, 7) is 1.60. The summed E-state index contributed by atoms with van der Waals surface area (Å²) in [5.74, 6) is -0.311. The molecule has 1 aromatic carbocycles. The molecule has 0 aliphatic carbocycles. The maximum Gasteiger partial charge on any atom is 0.151 e. The predicted octanol–water partition coefficient (Wildman–Crippen LogP) is 1.52. The van der Waals surface area contributed by atoms with Gasteiger partial charge in [-0.25, -0.2) is 4.39 Å². The molecule has 0 N–H and O–H groups in total. The number of Topliss-reactive ketones (excluding diaryl/α,β-unsaturated/α-hetero) is 1. The van der Waals surface area contributed by atoms with Gasteiger partial charge >= 0.3 is 0 Å². The molecule has 0 bridgehead atoms. The first kappa shape index (κ1) is 13.8. The van der Waals surface area contributed by atoms with Gasteiger partial charge in [0.05, 0.1) is 13.2 Å². The van der Waals surface area contributed by atoms with Gasteiger partial charge in [-0.1, -0.05) is 18.2 Å². The average Bonchev–Trinajstić information content (AvgIpc) is 2.29. The van der Waals surface area contributed by atoms with E-state index >= 15 is 0 Å². The van der Waals surface area contributed by atoms with E-state index in [1.165, 1.54) is 6.07 Å². The fraction of sp³-hybridized carbons (Fsp3) is 0.462. The number of carbonyl (C=O) groups is 1. The van der Waals surface area contributed by atoms with Gasteiger partial charge in [0.1, 0.15) is 5.82 Å². The molecule has 4 heteroatoms. The normalized spacial score (nSPS) is 10.8. The third-order valence-electron chi connectivity index (χ3n) is 2.47. The predicted molar refractivity (Wildman–Crippen MR) is 64.5 cm³/mol. The van der Waals surface area contributed by atoms with Crippen LogP contribution in [0, 0.1) is 5.82 Å². The van der Waals surface area contributed by atoms with Gasteiger partial charge in [0, 0.05) is 20.1 Å². The number of methoxy groups -OCH3 is 1. The topological polar surface area (TPSA) is 29.5 Å². The molecule has 0 atom stereocenters. The quantitative estimate of drug-likeness (QED) is 0.722. The molecule has 0 aromatic heterocycles. The molecule has 0 saturated heterocycles. The Morgan fingerprint density at radius 3 is 2.76 bits per heavy atom. The average molecular weight is 239 g/mol. The molecule has 0 amide bonds. The minimum absolute atomic E-state index is 0.00806. The van der Waals surface area contributed by atoms with Gasteiger partial charge in [-0.2, -0.15) is 0 Å². The summed E-state index contributed by atoms with van der Waals surface area (Å²) in [5, 5.41) is 0. The van der Waals surface area contributed by atoms with Crippen LogP contribution in [0.5, 0.6) is 0 Å². The number of hydrogen-bond acceptors (Lipinski definition) is 3. The highest BCUT2D eigenvalue weighted by atomic mass is 19.1. The number of hydrogen-bond donors (Lipinski definition) is 0. The number of benzene rings is 1. The second-order valence-corrected chi connectivity index (χ2v) is 4.04. The Balaban J connectivity index is 2.42. The van der Waals surface area contributed by atoms with E-state index in [1.807, 2.05) is 11.9 Å². The molecular weight excluding hydrogens is 221 g/mol. The first-order chi connectivity index (χ1) is 8.13. The highest BCUT2D eigenvalue weighted by Crippen LogP contribution is 2.07. The Kier molecular flexibility index (Phi) is 5.80. The van der Waals surface area contributed by atoms with Crippen molar-refractivity contribution in [3.63, 3.8) is 0 Å². The van der Waals surface area contributed by atoms with E-state index in [-0.39, 0.29) is 18.0 Å². The van der Waals surface area contributed by atoms with Gasteiger partial charge in [-0.05, 0) is 18.7 Å². The summed E-state index contributed by atoms with van der Waals surface area (Å²) in [6, 6.07) is 6.37. The molecule has 0 aliphatic rings. The minimum Gasteiger partial charge on any atom is -0.383 e. The molecular formula is C13H18FNO2. The van der Waals surface area contributed by atoms with Crippen molar-refractivity contribution in [3.8, 4) is 0 Å². The summed E-state index contributed by atoms with van der Waals surface area (Å²) in [7, 11) is 3.47. The Morgan fingerprint density at radius 2 is 2.12 bits per heavy atom. The largest absolute Gasteiger partial charge is 0.383 e. The van der Waals surface area contributed by atoms with Crippen LogP contribution in [0.25, 0.3) is 0 Å². The number of rotatable bonds is 7. The fourth-order valence-electron chi connectivity index (χ4n) is 1.54. The first-order valence-corrected chi connectivity index (χ1v) is 5.56. The lowest BCUT2D eigenvalue weighted by Crippen LogP contribution is -2.30.